The Bertz CT molecular complexity index is 622. The summed E-state index contributed by atoms with van der Waals surface area (Å²) < 4.78 is 0. The van der Waals surface area contributed by atoms with Crippen molar-refractivity contribution in [2.45, 2.75) is 37.8 Å². The summed E-state index contributed by atoms with van der Waals surface area (Å²) in [6.07, 6.45) is 3.70. The Labute approximate surface area is 131 Å². The summed E-state index contributed by atoms with van der Waals surface area (Å²) in [5, 5.41) is 12.6. The van der Waals surface area contributed by atoms with Crippen LogP contribution in [0.2, 0.25) is 0 Å². The Kier molecular flexibility index (Phi) is 4.54. The van der Waals surface area contributed by atoms with Crippen molar-refractivity contribution in [3.05, 3.63) is 71.3 Å². The standard InChI is InChI=1S/C19H21NO2/c21-19(22)16-11-9-14(10-12-16)13-20-18-8-4-7-17(18)15-5-2-1-3-6-15/h1-3,5-6,9-12,17-18,20H,4,7-8,13H2,(H,21,22). The van der Waals surface area contributed by atoms with Crippen molar-refractivity contribution >= 4 is 5.97 Å². The third-order valence-electron chi connectivity index (χ3n) is 4.51. The van der Waals surface area contributed by atoms with E-state index in [0.29, 0.717) is 17.5 Å². The highest BCUT2D eigenvalue weighted by molar-refractivity contribution is 5.87. The van der Waals surface area contributed by atoms with Gasteiger partial charge >= 0.3 is 5.97 Å². The van der Waals surface area contributed by atoms with Crippen LogP contribution in [0.15, 0.2) is 54.6 Å². The highest BCUT2D eigenvalue weighted by atomic mass is 16.4. The van der Waals surface area contributed by atoms with Gasteiger partial charge in [0, 0.05) is 12.6 Å². The molecule has 3 nitrogen and oxygen atoms in total. The highest BCUT2D eigenvalue weighted by Crippen LogP contribution is 2.34. The number of carboxylic acids is 1. The Morgan fingerprint density at radius 1 is 1.05 bits per heavy atom. The van der Waals surface area contributed by atoms with Crippen LogP contribution in [-0.2, 0) is 6.54 Å². The third kappa shape index (κ3) is 3.37. The lowest BCUT2D eigenvalue weighted by Crippen LogP contribution is -2.30. The van der Waals surface area contributed by atoms with E-state index in [1.54, 1.807) is 12.1 Å². The van der Waals surface area contributed by atoms with Crippen LogP contribution in [0.25, 0.3) is 0 Å². The summed E-state index contributed by atoms with van der Waals surface area (Å²) in [7, 11) is 0. The van der Waals surface area contributed by atoms with E-state index >= 15 is 0 Å². The molecule has 3 heteroatoms. The molecule has 2 aromatic rings. The minimum atomic E-state index is -0.876. The first kappa shape index (κ1) is 14.8. The normalized spacial score (nSPS) is 20.9. The van der Waals surface area contributed by atoms with Gasteiger partial charge in [-0.05, 0) is 42.0 Å². The molecule has 0 aromatic heterocycles. The van der Waals surface area contributed by atoms with Gasteiger partial charge in [0.25, 0.3) is 0 Å². The zero-order chi connectivity index (χ0) is 15.4. The van der Waals surface area contributed by atoms with Gasteiger partial charge in [-0.25, -0.2) is 4.79 Å². The Morgan fingerprint density at radius 3 is 2.45 bits per heavy atom. The van der Waals surface area contributed by atoms with Crippen molar-refractivity contribution in [1.29, 1.82) is 0 Å². The van der Waals surface area contributed by atoms with Gasteiger partial charge in [-0.15, -0.1) is 0 Å². The molecule has 1 aliphatic carbocycles. The van der Waals surface area contributed by atoms with Crippen LogP contribution in [0.4, 0.5) is 0 Å². The average molecular weight is 295 g/mol. The van der Waals surface area contributed by atoms with Crippen LogP contribution in [-0.4, -0.2) is 17.1 Å². The van der Waals surface area contributed by atoms with Crippen LogP contribution >= 0.6 is 0 Å². The molecule has 0 aliphatic heterocycles. The SMILES string of the molecule is O=C(O)c1ccc(CNC2CCCC2c2ccccc2)cc1. The quantitative estimate of drug-likeness (QED) is 0.882. The minimum Gasteiger partial charge on any atom is -0.478 e. The molecule has 1 saturated carbocycles. The number of carboxylic acid groups (broad SMARTS) is 1. The zero-order valence-corrected chi connectivity index (χ0v) is 12.5. The second-order valence-corrected chi connectivity index (χ2v) is 5.94. The molecular formula is C19H21NO2. The number of hydrogen-bond donors (Lipinski definition) is 2. The van der Waals surface area contributed by atoms with Crippen molar-refractivity contribution in [2.24, 2.45) is 0 Å². The number of aromatic carboxylic acids is 1. The number of nitrogens with one attached hydrogen (secondary N) is 1. The van der Waals surface area contributed by atoms with Gasteiger partial charge in [0.15, 0.2) is 0 Å². The van der Waals surface area contributed by atoms with Crippen LogP contribution in [0.3, 0.4) is 0 Å². The molecule has 0 heterocycles. The molecule has 2 atom stereocenters. The second-order valence-electron chi connectivity index (χ2n) is 5.94. The molecule has 1 aliphatic rings. The molecule has 2 aromatic carbocycles. The Morgan fingerprint density at radius 2 is 1.77 bits per heavy atom. The van der Waals surface area contributed by atoms with E-state index in [0.717, 1.165) is 12.1 Å². The Hall–Kier alpha value is -2.13. The minimum absolute atomic E-state index is 0.340. The summed E-state index contributed by atoms with van der Waals surface area (Å²) in [4.78, 5) is 10.9. The lowest BCUT2D eigenvalue weighted by Gasteiger charge is -2.21. The summed E-state index contributed by atoms with van der Waals surface area (Å²) >= 11 is 0. The van der Waals surface area contributed by atoms with E-state index in [1.165, 1.54) is 24.8 Å². The first-order chi connectivity index (χ1) is 10.7. The first-order valence-corrected chi connectivity index (χ1v) is 7.84. The molecule has 2 N–H and O–H groups in total. The largest absolute Gasteiger partial charge is 0.478 e. The predicted molar refractivity (Wildman–Crippen MR) is 87.1 cm³/mol. The van der Waals surface area contributed by atoms with E-state index in [4.69, 9.17) is 5.11 Å². The highest BCUT2D eigenvalue weighted by Gasteiger charge is 2.27. The predicted octanol–water partition coefficient (Wildman–Crippen LogP) is 3.81. The molecule has 114 valence electrons. The molecule has 0 bridgehead atoms. The van der Waals surface area contributed by atoms with Gasteiger partial charge < -0.3 is 10.4 Å². The fourth-order valence-corrected chi connectivity index (χ4v) is 3.32. The number of hydrogen-bond acceptors (Lipinski definition) is 2. The van der Waals surface area contributed by atoms with E-state index in [-0.39, 0.29) is 0 Å². The second kappa shape index (κ2) is 6.75. The first-order valence-electron chi connectivity index (χ1n) is 7.84. The molecule has 22 heavy (non-hydrogen) atoms. The monoisotopic (exact) mass is 295 g/mol. The van der Waals surface area contributed by atoms with Crippen LogP contribution in [0.5, 0.6) is 0 Å². The van der Waals surface area contributed by atoms with Gasteiger partial charge in [0.2, 0.25) is 0 Å². The summed E-state index contributed by atoms with van der Waals surface area (Å²) in [6, 6.07) is 18.3. The number of benzene rings is 2. The van der Waals surface area contributed by atoms with Crippen LogP contribution in [0.1, 0.15) is 46.7 Å². The Balaban J connectivity index is 1.62. The maximum atomic E-state index is 10.9. The van der Waals surface area contributed by atoms with Crippen molar-refractivity contribution in [3.63, 3.8) is 0 Å². The summed E-state index contributed by atoms with van der Waals surface area (Å²) in [5.41, 5.74) is 2.88. The van der Waals surface area contributed by atoms with Crippen molar-refractivity contribution in [1.82, 2.24) is 5.32 Å². The number of carbonyl (C=O) groups is 1. The molecule has 2 unspecified atom stereocenters. The van der Waals surface area contributed by atoms with E-state index < -0.39 is 5.97 Å². The third-order valence-corrected chi connectivity index (χ3v) is 4.51. The average Bonchev–Trinajstić information content (AvgIpc) is 3.02. The topological polar surface area (TPSA) is 49.3 Å². The maximum absolute atomic E-state index is 10.9. The molecule has 1 fully saturated rings. The zero-order valence-electron chi connectivity index (χ0n) is 12.5. The molecule has 3 rings (SSSR count). The number of rotatable bonds is 5. The van der Waals surface area contributed by atoms with Gasteiger partial charge in [-0.1, -0.05) is 48.9 Å². The summed E-state index contributed by atoms with van der Waals surface area (Å²) in [5.74, 6) is -0.293. The van der Waals surface area contributed by atoms with E-state index in [2.05, 4.69) is 35.6 Å². The van der Waals surface area contributed by atoms with Gasteiger partial charge in [-0.2, -0.15) is 0 Å². The molecular weight excluding hydrogens is 274 g/mol. The summed E-state index contributed by atoms with van der Waals surface area (Å²) in [6.45, 7) is 0.786. The lowest BCUT2D eigenvalue weighted by atomic mass is 9.94. The van der Waals surface area contributed by atoms with Crippen LogP contribution < -0.4 is 5.32 Å². The van der Waals surface area contributed by atoms with Crippen molar-refractivity contribution < 1.29 is 9.90 Å². The van der Waals surface area contributed by atoms with Crippen molar-refractivity contribution in [2.75, 3.05) is 0 Å². The van der Waals surface area contributed by atoms with E-state index in [9.17, 15) is 4.79 Å². The smallest absolute Gasteiger partial charge is 0.335 e. The van der Waals surface area contributed by atoms with Crippen LogP contribution in [0, 0.1) is 0 Å². The maximum Gasteiger partial charge on any atom is 0.335 e. The van der Waals surface area contributed by atoms with E-state index in [1.807, 2.05) is 12.1 Å². The molecule has 0 amide bonds. The van der Waals surface area contributed by atoms with Gasteiger partial charge in [-0.3, -0.25) is 0 Å². The van der Waals surface area contributed by atoms with Crippen molar-refractivity contribution in [3.8, 4) is 0 Å². The molecule has 0 radical (unpaired) electrons. The molecule has 0 saturated heterocycles. The fraction of sp³-hybridized carbons (Fsp3) is 0.316. The van der Waals surface area contributed by atoms with Gasteiger partial charge in [0.1, 0.15) is 0 Å². The fourth-order valence-electron chi connectivity index (χ4n) is 3.32. The molecule has 0 spiro atoms. The van der Waals surface area contributed by atoms with Gasteiger partial charge in [0.05, 0.1) is 5.56 Å². The lowest BCUT2D eigenvalue weighted by molar-refractivity contribution is 0.0697.